The molecule has 1 saturated heterocycles. The fraction of sp³-hybridized carbons (Fsp3) is 0.471. The monoisotopic (exact) mass is 609 g/mol. The van der Waals surface area contributed by atoms with Crippen LogP contribution < -0.4 is 16.0 Å². The highest BCUT2D eigenvalue weighted by molar-refractivity contribution is 5.95. The summed E-state index contributed by atoms with van der Waals surface area (Å²) in [5.74, 6) is 0.957. The van der Waals surface area contributed by atoms with Crippen LogP contribution in [0, 0.1) is 17.2 Å². The molecule has 3 N–H and O–H groups in total. The third kappa shape index (κ3) is 5.37. The molecule has 1 aromatic heterocycles. The number of nitriles is 1. The molecule has 4 atom stereocenters. The Labute approximate surface area is 262 Å². The molecule has 1 aliphatic heterocycles. The van der Waals surface area contributed by atoms with E-state index in [9.17, 15) is 19.6 Å². The maximum Gasteiger partial charge on any atom is 0.251 e. The second-order valence-corrected chi connectivity index (χ2v) is 12.4. The standard InChI is InChI=1S/C34H39N7O4/c1-5-29-39-40-33(45-29)34(16-19(2)38-18-30(42)41-25(17-35)14-24-15-28(24)41)26-10-8-22(31(43)36-3)12-20(26)6-7-21-13-23(32(44)37-4)9-11-27(21)34/h8-13,19,24-25,28,38H,5-7,14-16,18H2,1-4H3,(H,36,43)(H,37,44)/t19-,24-,25?,28+/m1/s1. The van der Waals surface area contributed by atoms with Gasteiger partial charge in [0, 0.05) is 43.7 Å². The van der Waals surface area contributed by atoms with Crippen LogP contribution in [-0.2, 0) is 29.5 Å². The Morgan fingerprint density at radius 1 is 1.02 bits per heavy atom. The summed E-state index contributed by atoms with van der Waals surface area (Å²) in [7, 11) is 3.22. The van der Waals surface area contributed by atoms with Gasteiger partial charge in [0.2, 0.25) is 17.7 Å². The lowest BCUT2D eigenvalue weighted by molar-refractivity contribution is -0.131. The molecule has 11 nitrogen and oxygen atoms in total. The van der Waals surface area contributed by atoms with E-state index in [-0.39, 0.29) is 42.4 Å². The van der Waals surface area contributed by atoms with Gasteiger partial charge >= 0.3 is 0 Å². The lowest BCUT2D eigenvalue weighted by Gasteiger charge is -2.36. The van der Waals surface area contributed by atoms with Crippen molar-refractivity contribution in [2.75, 3.05) is 20.6 Å². The lowest BCUT2D eigenvalue weighted by Crippen LogP contribution is -2.46. The van der Waals surface area contributed by atoms with Crippen LogP contribution >= 0.6 is 0 Å². The second kappa shape index (κ2) is 12.1. The predicted molar refractivity (Wildman–Crippen MR) is 165 cm³/mol. The van der Waals surface area contributed by atoms with Gasteiger partial charge in [0.25, 0.3) is 11.8 Å². The number of rotatable bonds is 9. The summed E-state index contributed by atoms with van der Waals surface area (Å²) in [6.07, 6.45) is 4.02. The highest BCUT2D eigenvalue weighted by atomic mass is 16.4. The van der Waals surface area contributed by atoms with E-state index in [1.54, 1.807) is 19.0 Å². The molecule has 1 unspecified atom stereocenters. The van der Waals surface area contributed by atoms with E-state index in [1.165, 1.54) is 0 Å². The van der Waals surface area contributed by atoms with Crippen LogP contribution in [0.2, 0.25) is 0 Å². The van der Waals surface area contributed by atoms with Crippen LogP contribution in [0.3, 0.4) is 0 Å². The smallest absolute Gasteiger partial charge is 0.251 e. The van der Waals surface area contributed by atoms with Crippen molar-refractivity contribution in [3.05, 3.63) is 81.6 Å². The van der Waals surface area contributed by atoms with Crippen LogP contribution in [0.4, 0.5) is 0 Å². The molecule has 2 aromatic carbocycles. The molecule has 2 aliphatic carbocycles. The van der Waals surface area contributed by atoms with Gasteiger partial charge in [-0.3, -0.25) is 14.4 Å². The number of hydrogen-bond acceptors (Lipinski definition) is 8. The van der Waals surface area contributed by atoms with Gasteiger partial charge in [0.15, 0.2) is 0 Å². The number of nitrogens with one attached hydrogen (secondary N) is 3. The van der Waals surface area contributed by atoms with Gasteiger partial charge in [-0.25, -0.2) is 0 Å². The second-order valence-electron chi connectivity index (χ2n) is 12.4. The summed E-state index contributed by atoms with van der Waals surface area (Å²) in [6.45, 7) is 4.09. The average Bonchev–Trinajstić information content (AvgIpc) is 3.50. The minimum atomic E-state index is -0.941. The first-order chi connectivity index (χ1) is 21.7. The summed E-state index contributed by atoms with van der Waals surface area (Å²) in [5.41, 5.74) is 3.99. The van der Waals surface area contributed by atoms with Crippen molar-refractivity contribution in [2.24, 2.45) is 5.92 Å². The number of amides is 3. The Hall–Kier alpha value is -4.56. The molecular weight excluding hydrogens is 570 g/mol. The van der Waals surface area contributed by atoms with E-state index in [2.05, 4.69) is 32.2 Å². The molecule has 1 saturated carbocycles. The van der Waals surface area contributed by atoms with E-state index >= 15 is 0 Å². The summed E-state index contributed by atoms with van der Waals surface area (Å²) in [5, 5.41) is 27.5. The number of piperidine rings is 1. The van der Waals surface area contributed by atoms with Crippen LogP contribution in [-0.4, -0.2) is 71.6 Å². The molecule has 6 rings (SSSR count). The number of aromatic nitrogens is 2. The van der Waals surface area contributed by atoms with Crippen molar-refractivity contribution in [3.63, 3.8) is 0 Å². The van der Waals surface area contributed by atoms with Gasteiger partial charge < -0.3 is 25.3 Å². The van der Waals surface area contributed by atoms with E-state index in [1.807, 2.05) is 50.2 Å². The summed E-state index contributed by atoms with van der Waals surface area (Å²) in [4.78, 5) is 40.5. The van der Waals surface area contributed by atoms with E-state index in [0.29, 0.717) is 54.5 Å². The molecule has 45 heavy (non-hydrogen) atoms. The van der Waals surface area contributed by atoms with Gasteiger partial charge in [-0.2, -0.15) is 5.26 Å². The number of carbonyl (C=O) groups excluding carboxylic acids is 3. The van der Waals surface area contributed by atoms with E-state index in [0.717, 1.165) is 35.1 Å². The average molecular weight is 610 g/mol. The third-order valence-corrected chi connectivity index (χ3v) is 9.66. The Balaban J connectivity index is 1.44. The summed E-state index contributed by atoms with van der Waals surface area (Å²) >= 11 is 0. The summed E-state index contributed by atoms with van der Waals surface area (Å²) in [6, 6.07) is 13.3. The van der Waals surface area contributed by atoms with Crippen LogP contribution in [0.5, 0.6) is 0 Å². The first kappa shape index (κ1) is 30.5. The lowest BCUT2D eigenvalue weighted by atomic mass is 9.68. The molecule has 0 spiro atoms. The zero-order valence-corrected chi connectivity index (χ0v) is 26.1. The predicted octanol–water partition coefficient (Wildman–Crippen LogP) is 2.67. The molecule has 0 bridgehead atoms. The van der Waals surface area contributed by atoms with Crippen molar-refractivity contribution in [1.82, 2.24) is 31.0 Å². The largest absolute Gasteiger partial charge is 0.424 e. The molecule has 2 heterocycles. The zero-order chi connectivity index (χ0) is 31.9. The first-order valence-corrected chi connectivity index (χ1v) is 15.7. The van der Waals surface area contributed by atoms with Gasteiger partial charge in [0.05, 0.1) is 12.6 Å². The third-order valence-electron chi connectivity index (χ3n) is 9.66. The maximum absolute atomic E-state index is 13.3. The molecule has 3 amide bonds. The van der Waals surface area contributed by atoms with E-state index in [4.69, 9.17) is 4.42 Å². The fourth-order valence-electron chi connectivity index (χ4n) is 7.34. The Kier molecular flexibility index (Phi) is 8.18. The highest BCUT2D eigenvalue weighted by Crippen LogP contribution is 2.49. The van der Waals surface area contributed by atoms with Crippen molar-refractivity contribution < 1.29 is 18.8 Å². The zero-order valence-electron chi connectivity index (χ0n) is 26.1. The van der Waals surface area contributed by atoms with Gasteiger partial charge in [0.1, 0.15) is 11.5 Å². The van der Waals surface area contributed by atoms with Crippen LogP contribution in [0.1, 0.15) is 87.9 Å². The number of fused-ring (bicyclic) bond motifs is 3. The SMILES string of the molecule is CCc1nnc(C2(C[C@@H](C)NCC(=O)N3C(C#N)C[C@@H]4C[C@@H]43)c3ccc(C(=O)NC)cc3CCc3cc(C(=O)NC)ccc32)o1. The minimum Gasteiger partial charge on any atom is -0.424 e. The fourth-order valence-corrected chi connectivity index (χ4v) is 7.34. The topological polar surface area (TPSA) is 153 Å². The van der Waals surface area contributed by atoms with Crippen LogP contribution in [0.15, 0.2) is 40.8 Å². The molecule has 0 radical (unpaired) electrons. The van der Waals surface area contributed by atoms with E-state index < -0.39 is 5.41 Å². The summed E-state index contributed by atoms with van der Waals surface area (Å²) < 4.78 is 6.38. The quantitative estimate of drug-likeness (QED) is 0.335. The highest BCUT2D eigenvalue weighted by Gasteiger charge is 2.54. The molecule has 3 aromatic rings. The molecule has 3 aliphatic rings. The van der Waals surface area contributed by atoms with Crippen molar-refractivity contribution >= 4 is 17.7 Å². The minimum absolute atomic E-state index is 0.0642. The van der Waals surface area contributed by atoms with Crippen molar-refractivity contribution in [3.8, 4) is 6.07 Å². The Bertz CT molecular complexity index is 1620. The maximum atomic E-state index is 13.3. The number of nitrogens with zero attached hydrogens (tertiary/aromatic N) is 4. The molecule has 2 fully saturated rings. The van der Waals surface area contributed by atoms with Crippen molar-refractivity contribution in [2.45, 2.75) is 75.9 Å². The first-order valence-electron chi connectivity index (χ1n) is 15.7. The van der Waals surface area contributed by atoms with Gasteiger partial charge in [-0.15, -0.1) is 10.2 Å². The Morgan fingerprint density at radius 3 is 2.18 bits per heavy atom. The van der Waals surface area contributed by atoms with Crippen molar-refractivity contribution in [1.29, 1.82) is 5.26 Å². The number of carbonyl (C=O) groups is 3. The normalized spacial score (nSPS) is 21.4. The number of likely N-dealkylation sites (tertiary alicyclic amines) is 1. The number of benzene rings is 2. The van der Waals surface area contributed by atoms with Gasteiger partial charge in [-0.05, 0) is 91.5 Å². The molecule has 234 valence electrons. The van der Waals surface area contributed by atoms with Gasteiger partial charge in [-0.1, -0.05) is 19.1 Å². The van der Waals surface area contributed by atoms with Crippen LogP contribution in [0.25, 0.3) is 0 Å². The number of hydrogen-bond donors (Lipinski definition) is 3. The molecule has 11 heteroatoms. The molecular formula is C34H39N7O4. The Morgan fingerprint density at radius 2 is 1.64 bits per heavy atom. The number of aryl methyl sites for hydroxylation is 3.